The smallest absolute Gasteiger partial charge is 0.199 e. The normalized spacial score (nSPS) is 27.4. The number of hydrogen-bond donors (Lipinski definition) is 2. The van der Waals surface area contributed by atoms with E-state index in [0.29, 0.717) is 12.8 Å². The highest BCUT2D eigenvalue weighted by molar-refractivity contribution is 6.28. The van der Waals surface area contributed by atoms with Crippen LogP contribution in [0.1, 0.15) is 40.5 Å². The van der Waals surface area contributed by atoms with E-state index in [1.54, 1.807) is 6.92 Å². The van der Waals surface area contributed by atoms with Crippen LogP contribution in [0.15, 0.2) is 23.0 Å². The minimum atomic E-state index is -1.33. The highest BCUT2D eigenvalue weighted by atomic mass is 16.3. The molecule has 0 aromatic rings. The number of Topliss-reactive ketones (excluding diaryl/α,β-unsaturated/α-hetero) is 2. The Kier molecular flexibility index (Phi) is 5.06. The molecule has 0 amide bonds. The Morgan fingerprint density at radius 3 is 2.37 bits per heavy atom. The van der Waals surface area contributed by atoms with Crippen molar-refractivity contribution < 1.29 is 19.8 Å². The van der Waals surface area contributed by atoms with E-state index in [0.717, 1.165) is 5.57 Å². The molecule has 3 atom stereocenters. The van der Waals surface area contributed by atoms with Gasteiger partial charge in [-0.15, -0.1) is 0 Å². The lowest BCUT2D eigenvalue weighted by molar-refractivity contribution is -0.124. The van der Waals surface area contributed by atoms with E-state index < -0.39 is 23.6 Å². The fraction of sp³-hybridized carbons (Fsp3) is 0.600. The molecule has 2 unspecified atom stereocenters. The monoisotopic (exact) mass is 266 g/mol. The molecule has 0 bridgehead atoms. The molecule has 4 heteroatoms. The Labute approximate surface area is 113 Å². The van der Waals surface area contributed by atoms with E-state index in [1.165, 1.54) is 0 Å². The lowest BCUT2D eigenvalue weighted by atomic mass is 9.97. The van der Waals surface area contributed by atoms with Gasteiger partial charge in [-0.1, -0.05) is 25.5 Å². The molecule has 0 radical (unpaired) electrons. The van der Waals surface area contributed by atoms with Crippen molar-refractivity contribution in [1.29, 1.82) is 0 Å². The zero-order valence-corrected chi connectivity index (χ0v) is 11.9. The summed E-state index contributed by atoms with van der Waals surface area (Å²) in [6.07, 6.45) is 1.45. The summed E-state index contributed by atoms with van der Waals surface area (Å²) < 4.78 is 0. The predicted molar refractivity (Wildman–Crippen MR) is 72.7 cm³/mol. The standard InChI is InChI=1S/C15H22O4/c1-5-9(4)12(16)11-13(17)10(7-6-8(2)3)14(18)15(11)19/h6,9-10,14,16,18H,5,7H2,1-4H3/t9?,10?,14-/m1/s1. The maximum Gasteiger partial charge on any atom is 0.199 e. The van der Waals surface area contributed by atoms with E-state index in [-0.39, 0.29) is 17.3 Å². The van der Waals surface area contributed by atoms with Crippen molar-refractivity contribution >= 4 is 11.6 Å². The number of carbonyl (C=O) groups excluding carboxylic acids is 2. The van der Waals surface area contributed by atoms with Crippen LogP contribution in [-0.4, -0.2) is 27.9 Å². The van der Waals surface area contributed by atoms with Crippen molar-refractivity contribution in [2.75, 3.05) is 0 Å². The summed E-state index contributed by atoms with van der Waals surface area (Å²) in [6, 6.07) is 0. The van der Waals surface area contributed by atoms with Crippen LogP contribution < -0.4 is 0 Å². The second kappa shape index (κ2) is 6.15. The first-order chi connectivity index (χ1) is 8.81. The van der Waals surface area contributed by atoms with Gasteiger partial charge in [-0.05, 0) is 26.7 Å². The first-order valence-corrected chi connectivity index (χ1v) is 6.64. The second-order valence-corrected chi connectivity index (χ2v) is 5.37. The Balaban J connectivity index is 3.09. The van der Waals surface area contributed by atoms with Gasteiger partial charge in [0.15, 0.2) is 11.6 Å². The van der Waals surface area contributed by atoms with Crippen molar-refractivity contribution in [2.45, 2.75) is 46.6 Å². The largest absolute Gasteiger partial charge is 0.511 e. The lowest BCUT2D eigenvalue weighted by Gasteiger charge is -2.09. The number of aliphatic hydroxyl groups excluding tert-OH is 2. The van der Waals surface area contributed by atoms with Crippen molar-refractivity contribution in [1.82, 2.24) is 0 Å². The molecule has 0 aromatic carbocycles. The number of aliphatic hydroxyl groups is 2. The van der Waals surface area contributed by atoms with Gasteiger partial charge < -0.3 is 10.2 Å². The Bertz CT molecular complexity index is 441. The van der Waals surface area contributed by atoms with E-state index in [9.17, 15) is 19.8 Å². The molecule has 0 saturated heterocycles. The van der Waals surface area contributed by atoms with E-state index >= 15 is 0 Å². The zero-order valence-electron chi connectivity index (χ0n) is 11.9. The van der Waals surface area contributed by atoms with Crippen molar-refractivity contribution in [3.8, 4) is 0 Å². The minimum absolute atomic E-state index is 0.184. The summed E-state index contributed by atoms with van der Waals surface area (Å²) in [5, 5.41) is 19.9. The van der Waals surface area contributed by atoms with E-state index in [1.807, 2.05) is 26.8 Å². The number of hydrogen-bond acceptors (Lipinski definition) is 4. The maximum absolute atomic E-state index is 12.2. The summed E-state index contributed by atoms with van der Waals surface area (Å²) in [5.41, 5.74) is 0.824. The van der Waals surface area contributed by atoms with Gasteiger partial charge in [0.1, 0.15) is 17.4 Å². The first kappa shape index (κ1) is 15.6. The molecular formula is C15H22O4. The molecule has 1 aliphatic rings. The predicted octanol–water partition coefficient (Wildman–Crippen LogP) is 2.33. The van der Waals surface area contributed by atoms with Gasteiger partial charge in [0.25, 0.3) is 0 Å². The van der Waals surface area contributed by atoms with Crippen molar-refractivity contribution in [2.24, 2.45) is 11.8 Å². The number of allylic oxidation sites excluding steroid dienone is 3. The molecule has 1 saturated carbocycles. The van der Waals surface area contributed by atoms with Crippen LogP contribution in [0, 0.1) is 11.8 Å². The quantitative estimate of drug-likeness (QED) is 0.354. The van der Waals surface area contributed by atoms with Gasteiger partial charge in [0.05, 0.1) is 5.92 Å². The molecular weight excluding hydrogens is 244 g/mol. The molecule has 1 rings (SSSR count). The zero-order chi connectivity index (χ0) is 14.7. The average Bonchev–Trinajstić information content (AvgIpc) is 2.56. The average molecular weight is 266 g/mol. The molecule has 0 aromatic heterocycles. The summed E-state index contributed by atoms with van der Waals surface area (Å²) in [4.78, 5) is 24.1. The molecule has 1 fully saturated rings. The fourth-order valence-corrected chi connectivity index (χ4v) is 2.07. The number of carbonyl (C=O) groups is 2. The van der Waals surface area contributed by atoms with Crippen LogP contribution in [0.3, 0.4) is 0 Å². The van der Waals surface area contributed by atoms with E-state index in [2.05, 4.69) is 0 Å². The van der Waals surface area contributed by atoms with Crippen molar-refractivity contribution in [3.05, 3.63) is 23.0 Å². The highest BCUT2D eigenvalue weighted by Crippen LogP contribution is 2.31. The molecule has 0 spiro atoms. The third-order valence-corrected chi connectivity index (χ3v) is 3.59. The van der Waals surface area contributed by atoms with Crippen LogP contribution in [-0.2, 0) is 9.59 Å². The molecule has 106 valence electrons. The maximum atomic E-state index is 12.2. The topological polar surface area (TPSA) is 74.6 Å². The first-order valence-electron chi connectivity index (χ1n) is 6.64. The van der Waals surface area contributed by atoms with Crippen LogP contribution in [0.5, 0.6) is 0 Å². The molecule has 19 heavy (non-hydrogen) atoms. The summed E-state index contributed by atoms with van der Waals surface area (Å²) in [6.45, 7) is 7.39. The molecule has 4 nitrogen and oxygen atoms in total. The molecule has 0 heterocycles. The molecule has 0 aliphatic heterocycles. The second-order valence-electron chi connectivity index (χ2n) is 5.37. The Morgan fingerprint density at radius 2 is 1.89 bits per heavy atom. The van der Waals surface area contributed by atoms with Gasteiger partial charge in [-0.3, -0.25) is 9.59 Å². The van der Waals surface area contributed by atoms with Gasteiger partial charge in [0, 0.05) is 5.92 Å². The summed E-state index contributed by atoms with van der Waals surface area (Å²) in [7, 11) is 0. The molecule has 1 aliphatic carbocycles. The van der Waals surface area contributed by atoms with Gasteiger partial charge in [-0.2, -0.15) is 0 Å². The van der Waals surface area contributed by atoms with Crippen LogP contribution in [0.25, 0.3) is 0 Å². The van der Waals surface area contributed by atoms with Crippen LogP contribution in [0.4, 0.5) is 0 Å². The Morgan fingerprint density at radius 1 is 1.32 bits per heavy atom. The highest BCUT2D eigenvalue weighted by Gasteiger charge is 2.46. The van der Waals surface area contributed by atoms with Gasteiger partial charge >= 0.3 is 0 Å². The van der Waals surface area contributed by atoms with Crippen LogP contribution in [0.2, 0.25) is 0 Å². The van der Waals surface area contributed by atoms with Gasteiger partial charge in [-0.25, -0.2) is 0 Å². The third kappa shape index (κ3) is 3.13. The lowest BCUT2D eigenvalue weighted by Crippen LogP contribution is -2.22. The summed E-state index contributed by atoms with van der Waals surface area (Å²) in [5.74, 6) is -2.28. The fourth-order valence-electron chi connectivity index (χ4n) is 2.07. The SMILES string of the molecule is CCC(C)C(O)=C1C(=O)C(CC=C(C)C)[C@@H](O)C1=O. The number of rotatable bonds is 4. The minimum Gasteiger partial charge on any atom is -0.511 e. The van der Waals surface area contributed by atoms with Gasteiger partial charge in [0.2, 0.25) is 0 Å². The third-order valence-electron chi connectivity index (χ3n) is 3.59. The van der Waals surface area contributed by atoms with Crippen molar-refractivity contribution in [3.63, 3.8) is 0 Å². The van der Waals surface area contributed by atoms with Crippen LogP contribution >= 0.6 is 0 Å². The Hall–Kier alpha value is -1.42. The summed E-state index contributed by atoms with van der Waals surface area (Å²) >= 11 is 0. The molecule has 2 N–H and O–H groups in total. The number of ketones is 2. The van der Waals surface area contributed by atoms with E-state index in [4.69, 9.17) is 0 Å².